The van der Waals surface area contributed by atoms with E-state index in [1.165, 1.54) is 11.1 Å². The van der Waals surface area contributed by atoms with E-state index in [-0.39, 0.29) is 0 Å². The van der Waals surface area contributed by atoms with Gasteiger partial charge in [-0.15, -0.1) is 0 Å². The Morgan fingerprint density at radius 3 is 2.24 bits per heavy atom. The van der Waals surface area contributed by atoms with Gasteiger partial charge in [0.05, 0.1) is 14.2 Å². The van der Waals surface area contributed by atoms with Gasteiger partial charge in [0.1, 0.15) is 0 Å². The van der Waals surface area contributed by atoms with Gasteiger partial charge in [0, 0.05) is 12.6 Å². The maximum absolute atomic E-state index is 5.38. The molecule has 0 fully saturated rings. The zero-order chi connectivity index (χ0) is 15.2. The fraction of sp³-hybridized carbons (Fsp3) is 0.333. The predicted molar refractivity (Wildman–Crippen MR) is 85.9 cm³/mol. The molecule has 0 spiro atoms. The summed E-state index contributed by atoms with van der Waals surface area (Å²) in [6.45, 7) is 3.11. The Morgan fingerprint density at radius 1 is 0.952 bits per heavy atom. The van der Waals surface area contributed by atoms with Gasteiger partial charge in [-0.25, -0.2) is 0 Å². The number of ether oxygens (including phenoxy) is 2. The molecule has 21 heavy (non-hydrogen) atoms. The van der Waals surface area contributed by atoms with Crippen LogP contribution in [-0.2, 0) is 6.54 Å². The zero-order valence-electron chi connectivity index (χ0n) is 13.2. The van der Waals surface area contributed by atoms with E-state index in [0.717, 1.165) is 18.0 Å². The third-order valence-electron chi connectivity index (χ3n) is 3.83. The second-order valence-electron chi connectivity index (χ2n) is 5.19. The van der Waals surface area contributed by atoms with Crippen LogP contribution in [0.2, 0.25) is 0 Å². The molecule has 0 aromatic heterocycles. The quantitative estimate of drug-likeness (QED) is 0.803. The Morgan fingerprint density at radius 2 is 1.62 bits per heavy atom. The maximum Gasteiger partial charge on any atom is 0.161 e. The molecule has 3 nitrogen and oxygen atoms in total. The summed E-state index contributed by atoms with van der Waals surface area (Å²) in [6, 6.07) is 16.9. The van der Waals surface area contributed by atoms with Crippen molar-refractivity contribution in [2.24, 2.45) is 0 Å². The van der Waals surface area contributed by atoms with E-state index < -0.39 is 0 Å². The lowest BCUT2D eigenvalue weighted by Crippen LogP contribution is -2.21. The van der Waals surface area contributed by atoms with Crippen LogP contribution in [0.4, 0.5) is 0 Å². The first-order valence-electron chi connectivity index (χ1n) is 7.11. The minimum Gasteiger partial charge on any atom is -0.493 e. The van der Waals surface area contributed by atoms with Crippen molar-refractivity contribution in [3.63, 3.8) is 0 Å². The van der Waals surface area contributed by atoms with Crippen LogP contribution in [0, 0.1) is 0 Å². The van der Waals surface area contributed by atoms with Gasteiger partial charge in [-0.2, -0.15) is 0 Å². The van der Waals surface area contributed by atoms with Gasteiger partial charge in [0.15, 0.2) is 11.5 Å². The van der Waals surface area contributed by atoms with E-state index in [9.17, 15) is 0 Å². The normalized spacial score (nSPS) is 12.2. The lowest BCUT2D eigenvalue weighted by atomic mass is 10.1. The molecule has 1 unspecified atom stereocenters. The number of rotatable bonds is 6. The van der Waals surface area contributed by atoms with E-state index in [1.54, 1.807) is 14.2 Å². The average molecular weight is 285 g/mol. The molecule has 3 heteroatoms. The van der Waals surface area contributed by atoms with Crippen molar-refractivity contribution in [2.45, 2.75) is 19.5 Å². The van der Waals surface area contributed by atoms with Gasteiger partial charge >= 0.3 is 0 Å². The van der Waals surface area contributed by atoms with E-state index in [4.69, 9.17) is 9.47 Å². The Bertz CT molecular complexity index is 569. The summed E-state index contributed by atoms with van der Waals surface area (Å²) in [5.41, 5.74) is 2.53. The fourth-order valence-electron chi connectivity index (χ4n) is 2.38. The monoisotopic (exact) mass is 285 g/mol. The lowest BCUT2D eigenvalue weighted by Gasteiger charge is -2.25. The largest absolute Gasteiger partial charge is 0.493 e. The molecule has 0 saturated heterocycles. The van der Waals surface area contributed by atoms with Crippen LogP contribution in [0.3, 0.4) is 0 Å². The minimum absolute atomic E-state index is 0.296. The smallest absolute Gasteiger partial charge is 0.161 e. The molecule has 0 amide bonds. The van der Waals surface area contributed by atoms with Crippen molar-refractivity contribution in [2.75, 3.05) is 21.3 Å². The molecule has 2 aromatic carbocycles. The average Bonchev–Trinajstić information content (AvgIpc) is 2.54. The van der Waals surface area contributed by atoms with Gasteiger partial charge in [-0.1, -0.05) is 36.4 Å². The molecule has 2 rings (SSSR count). The fourth-order valence-corrected chi connectivity index (χ4v) is 2.38. The second-order valence-corrected chi connectivity index (χ2v) is 5.19. The molecule has 0 heterocycles. The summed E-state index contributed by atoms with van der Waals surface area (Å²) in [4.78, 5) is 2.32. The summed E-state index contributed by atoms with van der Waals surface area (Å²) in [6.07, 6.45) is 0. The molecule has 0 aliphatic carbocycles. The van der Waals surface area contributed by atoms with Crippen molar-refractivity contribution < 1.29 is 9.47 Å². The van der Waals surface area contributed by atoms with Crippen LogP contribution in [0.1, 0.15) is 24.1 Å². The van der Waals surface area contributed by atoms with E-state index in [2.05, 4.69) is 49.2 Å². The van der Waals surface area contributed by atoms with Crippen LogP contribution in [-0.4, -0.2) is 26.2 Å². The number of benzene rings is 2. The molecule has 112 valence electrons. The van der Waals surface area contributed by atoms with Gasteiger partial charge in [0.25, 0.3) is 0 Å². The molecule has 0 bridgehead atoms. The number of methoxy groups -OCH3 is 2. The van der Waals surface area contributed by atoms with Crippen LogP contribution in [0.5, 0.6) is 11.5 Å². The highest BCUT2D eigenvalue weighted by atomic mass is 16.5. The third kappa shape index (κ3) is 3.76. The molecular formula is C18H23NO2. The van der Waals surface area contributed by atoms with Crippen molar-refractivity contribution in [3.05, 3.63) is 59.7 Å². The summed E-state index contributed by atoms with van der Waals surface area (Å²) < 4.78 is 10.7. The van der Waals surface area contributed by atoms with E-state index >= 15 is 0 Å². The Labute approximate surface area is 127 Å². The molecule has 0 radical (unpaired) electrons. The van der Waals surface area contributed by atoms with Crippen molar-refractivity contribution >= 4 is 0 Å². The number of nitrogens with zero attached hydrogens (tertiary/aromatic N) is 1. The van der Waals surface area contributed by atoms with Gasteiger partial charge < -0.3 is 9.47 Å². The van der Waals surface area contributed by atoms with Gasteiger partial charge in [0.2, 0.25) is 0 Å². The van der Waals surface area contributed by atoms with Crippen LogP contribution < -0.4 is 9.47 Å². The third-order valence-corrected chi connectivity index (χ3v) is 3.83. The minimum atomic E-state index is 0.296. The second kappa shape index (κ2) is 7.14. The van der Waals surface area contributed by atoms with Crippen molar-refractivity contribution in [1.82, 2.24) is 4.90 Å². The predicted octanol–water partition coefficient (Wildman–Crippen LogP) is 3.90. The van der Waals surface area contributed by atoms with Gasteiger partial charge in [-0.05, 0) is 37.2 Å². The highest BCUT2D eigenvalue weighted by Gasteiger charge is 2.14. The molecule has 1 atom stereocenters. The first kappa shape index (κ1) is 15.4. The standard InChI is InChI=1S/C18H23NO2/c1-14(19(2)13-15-8-6-5-7-9-15)16-10-11-17(20-3)18(12-16)21-4/h5-12,14H,13H2,1-4H3. The number of hydrogen-bond acceptors (Lipinski definition) is 3. The summed E-state index contributed by atoms with van der Waals surface area (Å²) in [5, 5.41) is 0. The lowest BCUT2D eigenvalue weighted by molar-refractivity contribution is 0.252. The Hall–Kier alpha value is -2.00. The zero-order valence-corrected chi connectivity index (χ0v) is 13.2. The first-order valence-corrected chi connectivity index (χ1v) is 7.11. The molecule has 0 aliphatic heterocycles. The van der Waals surface area contributed by atoms with E-state index in [1.807, 2.05) is 18.2 Å². The summed E-state index contributed by atoms with van der Waals surface area (Å²) in [7, 11) is 5.46. The topological polar surface area (TPSA) is 21.7 Å². The maximum atomic E-state index is 5.38. The highest BCUT2D eigenvalue weighted by Crippen LogP contribution is 2.31. The van der Waals surface area contributed by atoms with Crippen LogP contribution in [0.15, 0.2) is 48.5 Å². The first-order chi connectivity index (χ1) is 10.2. The molecule has 0 saturated carbocycles. The van der Waals surface area contributed by atoms with Crippen LogP contribution >= 0.6 is 0 Å². The Kier molecular flexibility index (Phi) is 5.23. The molecule has 2 aromatic rings. The highest BCUT2D eigenvalue weighted by molar-refractivity contribution is 5.43. The number of hydrogen-bond donors (Lipinski definition) is 0. The van der Waals surface area contributed by atoms with Crippen molar-refractivity contribution in [1.29, 1.82) is 0 Å². The summed E-state index contributed by atoms with van der Waals surface area (Å²) >= 11 is 0. The molecular weight excluding hydrogens is 262 g/mol. The Balaban J connectivity index is 2.13. The SMILES string of the molecule is COc1ccc(C(C)N(C)Cc2ccccc2)cc1OC. The molecule has 0 aliphatic rings. The molecule has 0 N–H and O–H groups in total. The van der Waals surface area contributed by atoms with Crippen molar-refractivity contribution in [3.8, 4) is 11.5 Å². The van der Waals surface area contributed by atoms with E-state index in [0.29, 0.717) is 6.04 Å². The summed E-state index contributed by atoms with van der Waals surface area (Å²) in [5.74, 6) is 1.54. The van der Waals surface area contributed by atoms with Gasteiger partial charge in [-0.3, -0.25) is 4.90 Å². The van der Waals surface area contributed by atoms with Crippen LogP contribution in [0.25, 0.3) is 0 Å².